The fraction of sp³-hybridized carbons (Fsp3) is 0.667. The molecule has 0 amide bonds. The molecule has 0 radical (unpaired) electrons. The minimum Gasteiger partial charge on any atom is -0.379 e. The van der Waals surface area contributed by atoms with Gasteiger partial charge in [-0.05, 0) is 31.0 Å². The van der Waals surface area contributed by atoms with E-state index >= 15 is 0 Å². The van der Waals surface area contributed by atoms with Gasteiger partial charge in [-0.3, -0.25) is 9.89 Å². The van der Waals surface area contributed by atoms with Crippen LogP contribution in [0.3, 0.4) is 0 Å². The molecule has 1 N–H and O–H groups in total. The second kappa shape index (κ2) is 9.26. The average Bonchev–Trinajstić information content (AvgIpc) is 3.16. The Labute approximate surface area is 168 Å². The molecule has 0 aliphatic carbocycles. The molecule has 0 saturated carbocycles. The lowest BCUT2D eigenvalue weighted by Crippen LogP contribution is -2.47. The van der Waals surface area contributed by atoms with Crippen molar-refractivity contribution in [3.05, 3.63) is 34.9 Å². The van der Waals surface area contributed by atoms with Crippen molar-refractivity contribution in [1.29, 1.82) is 0 Å². The van der Waals surface area contributed by atoms with Gasteiger partial charge in [-0.15, -0.1) is 0 Å². The summed E-state index contributed by atoms with van der Waals surface area (Å²) in [6, 6.07) is 8.74. The van der Waals surface area contributed by atoms with E-state index in [4.69, 9.17) is 21.3 Å². The number of nitrogens with zero attached hydrogens (tertiary/aromatic N) is 3. The molecule has 2 aliphatic heterocycles. The van der Waals surface area contributed by atoms with Gasteiger partial charge in [0, 0.05) is 49.2 Å². The summed E-state index contributed by atoms with van der Waals surface area (Å²) in [5.74, 6) is 1.04. The maximum atomic E-state index is 6.04. The average molecular weight is 393 g/mol. The minimum atomic E-state index is -0.0331. The van der Waals surface area contributed by atoms with Gasteiger partial charge < -0.3 is 15.0 Å². The Balaban J connectivity index is 1.64. The van der Waals surface area contributed by atoms with Crippen molar-refractivity contribution in [3.8, 4) is 0 Å². The van der Waals surface area contributed by atoms with Crippen LogP contribution in [0.15, 0.2) is 29.3 Å². The lowest BCUT2D eigenvalue weighted by atomic mass is 9.85. The fourth-order valence-corrected chi connectivity index (χ4v) is 3.99. The van der Waals surface area contributed by atoms with Crippen LogP contribution in [0.5, 0.6) is 0 Å². The summed E-state index contributed by atoms with van der Waals surface area (Å²) in [6.45, 7) is 14.2. The third-order valence-corrected chi connectivity index (χ3v) is 5.86. The molecule has 0 spiro atoms. The monoisotopic (exact) mass is 392 g/mol. The Morgan fingerprint density at radius 3 is 2.59 bits per heavy atom. The number of likely N-dealkylation sites (tertiary alicyclic amines) is 1. The van der Waals surface area contributed by atoms with Gasteiger partial charge in [0.1, 0.15) is 0 Å². The first kappa shape index (κ1) is 20.4. The molecule has 0 aromatic heterocycles. The Morgan fingerprint density at radius 2 is 1.93 bits per heavy atom. The summed E-state index contributed by atoms with van der Waals surface area (Å²) in [5.41, 5.74) is 1.23. The highest BCUT2D eigenvalue weighted by Gasteiger charge is 2.30. The number of aliphatic imine (C=N–C) groups is 1. The number of halogens is 1. The molecule has 2 fully saturated rings. The zero-order valence-electron chi connectivity index (χ0n) is 16.9. The van der Waals surface area contributed by atoms with Crippen molar-refractivity contribution in [1.82, 2.24) is 15.1 Å². The van der Waals surface area contributed by atoms with Crippen molar-refractivity contribution >= 4 is 17.6 Å². The van der Waals surface area contributed by atoms with Crippen LogP contribution in [0.2, 0.25) is 5.02 Å². The molecule has 2 heterocycles. The van der Waals surface area contributed by atoms with Gasteiger partial charge in [0.25, 0.3) is 0 Å². The van der Waals surface area contributed by atoms with Crippen LogP contribution in [0.1, 0.15) is 32.8 Å². The second-order valence-electron chi connectivity index (χ2n) is 8.10. The fourth-order valence-electron chi connectivity index (χ4n) is 3.87. The lowest BCUT2D eigenvalue weighted by Gasteiger charge is -2.32. The Hall–Kier alpha value is -1.30. The van der Waals surface area contributed by atoms with Gasteiger partial charge in [0.15, 0.2) is 5.96 Å². The third-order valence-electron chi connectivity index (χ3n) is 5.61. The predicted molar refractivity (Wildman–Crippen MR) is 113 cm³/mol. The third kappa shape index (κ3) is 5.37. The van der Waals surface area contributed by atoms with Crippen molar-refractivity contribution in [2.45, 2.75) is 38.6 Å². The summed E-state index contributed by atoms with van der Waals surface area (Å²) < 4.78 is 5.50. The van der Waals surface area contributed by atoms with Crippen LogP contribution >= 0.6 is 11.6 Å². The number of nitrogens with one attached hydrogen (secondary N) is 1. The van der Waals surface area contributed by atoms with Gasteiger partial charge in [-0.1, -0.05) is 37.6 Å². The van der Waals surface area contributed by atoms with E-state index < -0.39 is 0 Å². The maximum Gasteiger partial charge on any atom is 0.193 e. The van der Waals surface area contributed by atoms with Gasteiger partial charge in [-0.25, -0.2) is 0 Å². The van der Waals surface area contributed by atoms with Crippen molar-refractivity contribution < 1.29 is 4.74 Å². The first-order valence-electron chi connectivity index (χ1n) is 10.1. The van der Waals surface area contributed by atoms with Gasteiger partial charge in [0.05, 0.1) is 19.8 Å². The van der Waals surface area contributed by atoms with Crippen LogP contribution < -0.4 is 5.32 Å². The van der Waals surface area contributed by atoms with Gasteiger partial charge >= 0.3 is 0 Å². The van der Waals surface area contributed by atoms with Crippen LogP contribution in [0.4, 0.5) is 0 Å². The quantitative estimate of drug-likeness (QED) is 0.617. The molecule has 5 nitrogen and oxygen atoms in total. The highest BCUT2D eigenvalue weighted by Crippen LogP contribution is 2.25. The van der Waals surface area contributed by atoms with Crippen LogP contribution in [0, 0.1) is 0 Å². The highest BCUT2D eigenvalue weighted by atomic mass is 35.5. The first-order chi connectivity index (χ1) is 13.0. The molecule has 1 aromatic carbocycles. The van der Waals surface area contributed by atoms with Crippen molar-refractivity contribution in [2.24, 2.45) is 4.99 Å². The lowest BCUT2D eigenvalue weighted by molar-refractivity contribution is 0.0195. The van der Waals surface area contributed by atoms with E-state index in [2.05, 4.69) is 48.0 Å². The topological polar surface area (TPSA) is 40.1 Å². The molecule has 1 aromatic rings. The highest BCUT2D eigenvalue weighted by molar-refractivity contribution is 6.30. The molecule has 150 valence electrons. The SMILES string of the molecule is CCNC(=NCC(C)(C)c1ccc(Cl)cc1)N1CCC(N2CCOCC2)C1. The van der Waals surface area contributed by atoms with Crippen LogP contribution in [-0.4, -0.2) is 74.3 Å². The normalized spacial score (nSPS) is 22.3. The molecule has 2 aliphatic rings. The van der Waals surface area contributed by atoms with Crippen molar-refractivity contribution in [2.75, 3.05) is 52.5 Å². The summed E-state index contributed by atoms with van der Waals surface area (Å²) >= 11 is 6.04. The predicted octanol–water partition coefficient (Wildman–Crippen LogP) is 2.99. The maximum absolute atomic E-state index is 6.04. The zero-order valence-corrected chi connectivity index (χ0v) is 17.6. The summed E-state index contributed by atoms with van der Waals surface area (Å²) in [7, 11) is 0. The summed E-state index contributed by atoms with van der Waals surface area (Å²) in [6.07, 6.45) is 1.20. The number of rotatable bonds is 5. The molecule has 1 atom stereocenters. The molecule has 0 bridgehead atoms. The van der Waals surface area contributed by atoms with E-state index in [1.807, 2.05) is 12.1 Å². The number of guanidine groups is 1. The number of ether oxygens (including phenoxy) is 1. The van der Waals surface area contributed by atoms with E-state index in [0.29, 0.717) is 6.04 Å². The van der Waals surface area contributed by atoms with Gasteiger partial charge in [-0.2, -0.15) is 0 Å². The molecular formula is C21H33ClN4O. The smallest absolute Gasteiger partial charge is 0.193 e. The molecule has 27 heavy (non-hydrogen) atoms. The number of morpholine rings is 1. The summed E-state index contributed by atoms with van der Waals surface area (Å²) in [4.78, 5) is 9.99. The van der Waals surface area contributed by atoms with Gasteiger partial charge in [0.2, 0.25) is 0 Å². The molecule has 2 saturated heterocycles. The number of hydrogen-bond acceptors (Lipinski definition) is 3. The first-order valence-corrected chi connectivity index (χ1v) is 10.5. The van der Waals surface area contributed by atoms with E-state index in [9.17, 15) is 0 Å². The van der Waals surface area contributed by atoms with E-state index in [1.54, 1.807) is 0 Å². The van der Waals surface area contributed by atoms with E-state index in [0.717, 1.165) is 63.5 Å². The van der Waals surface area contributed by atoms with Crippen LogP contribution in [-0.2, 0) is 10.2 Å². The Bertz CT molecular complexity index is 626. The van der Waals surface area contributed by atoms with Crippen LogP contribution in [0.25, 0.3) is 0 Å². The molecule has 1 unspecified atom stereocenters. The largest absolute Gasteiger partial charge is 0.379 e. The molecular weight excluding hydrogens is 360 g/mol. The summed E-state index contributed by atoms with van der Waals surface area (Å²) in [5, 5.41) is 4.27. The Kier molecular flexibility index (Phi) is 7.01. The number of benzene rings is 1. The van der Waals surface area contributed by atoms with E-state index in [-0.39, 0.29) is 5.41 Å². The van der Waals surface area contributed by atoms with E-state index in [1.165, 1.54) is 12.0 Å². The number of hydrogen-bond donors (Lipinski definition) is 1. The molecule has 3 rings (SSSR count). The standard InChI is InChI=1S/C21H33ClN4O/c1-4-23-20(24-16-21(2,3)17-5-7-18(22)8-6-17)26-10-9-19(15-26)25-11-13-27-14-12-25/h5-8,19H,4,9-16H2,1-3H3,(H,23,24). The Morgan fingerprint density at radius 1 is 1.22 bits per heavy atom. The molecule has 6 heteroatoms. The minimum absolute atomic E-state index is 0.0331. The zero-order chi connectivity index (χ0) is 19.3. The van der Waals surface area contributed by atoms with Crippen molar-refractivity contribution in [3.63, 3.8) is 0 Å². The second-order valence-corrected chi connectivity index (χ2v) is 8.53.